The van der Waals surface area contributed by atoms with E-state index in [-0.39, 0.29) is 27.4 Å². The molecule has 0 aliphatic carbocycles. The number of carbonyl (C=O) groups is 2. The molecule has 13 nitrogen and oxygen atoms in total. The molecule has 1 amide bonds. The lowest BCUT2D eigenvalue weighted by Crippen LogP contribution is -2.32. The van der Waals surface area contributed by atoms with Crippen LogP contribution in [-0.4, -0.2) is 35.1 Å². The van der Waals surface area contributed by atoms with E-state index in [0.29, 0.717) is 45.1 Å². The first-order valence-corrected chi connectivity index (χ1v) is 16.5. The van der Waals surface area contributed by atoms with Crippen molar-refractivity contribution in [3.05, 3.63) is 80.5 Å². The summed E-state index contributed by atoms with van der Waals surface area (Å²) in [6.45, 7) is 2.37. The average Bonchev–Trinajstić information content (AvgIpc) is 2.95. The van der Waals surface area contributed by atoms with Crippen molar-refractivity contribution in [3.63, 3.8) is 0 Å². The molecule has 0 spiro atoms. The van der Waals surface area contributed by atoms with Gasteiger partial charge in [-0.15, -0.1) is 0 Å². The molecule has 1 unspecified atom stereocenters. The maximum absolute atomic E-state index is 12.6. The zero-order valence-corrected chi connectivity index (χ0v) is 25.1. The molecule has 0 saturated heterocycles. The summed E-state index contributed by atoms with van der Waals surface area (Å²) in [5, 5.41) is 2.93. The van der Waals surface area contributed by atoms with Gasteiger partial charge in [0, 0.05) is 44.2 Å². The Morgan fingerprint density at radius 3 is 1.76 bits per heavy atom. The fourth-order valence-electron chi connectivity index (χ4n) is 4.35. The minimum absolute atomic E-state index is 0.0282. The second kappa shape index (κ2) is 17.1. The van der Waals surface area contributed by atoms with E-state index in [2.05, 4.69) is 24.2 Å². The molecule has 0 fully saturated rings. The van der Waals surface area contributed by atoms with Gasteiger partial charge in [0.1, 0.15) is 5.78 Å². The van der Waals surface area contributed by atoms with Gasteiger partial charge < -0.3 is 5.32 Å². The number of nitrogens with one attached hydrogen (secondary N) is 1. The summed E-state index contributed by atoms with van der Waals surface area (Å²) in [5.74, 6) is 0.0236. The summed E-state index contributed by atoms with van der Waals surface area (Å²) >= 11 is 0. The van der Waals surface area contributed by atoms with Crippen LogP contribution in [0.3, 0.4) is 0 Å². The lowest BCUT2D eigenvalue weighted by Gasteiger charge is -2.15. The Morgan fingerprint density at radius 2 is 1.26 bits per heavy atom. The molecule has 0 radical (unpaired) electrons. The smallest absolute Gasteiger partial charge is 0.264 e. The third kappa shape index (κ3) is 11.5. The Balaban J connectivity index is 1.62. The van der Waals surface area contributed by atoms with Crippen LogP contribution >= 0.6 is 0 Å². The number of hydrogen-bond acceptors (Lipinski definition) is 6. The van der Waals surface area contributed by atoms with Crippen LogP contribution in [0.15, 0.2) is 67.4 Å². The van der Waals surface area contributed by atoms with Crippen molar-refractivity contribution in [2.45, 2.75) is 80.9 Å². The summed E-state index contributed by atoms with van der Waals surface area (Å²) in [4.78, 5) is 29.3. The van der Waals surface area contributed by atoms with E-state index in [4.69, 9.17) is 11.1 Å². The zero-order chi connectivity index (χ0) is 31.0. The number of carbonyl (C=O) groups excluding carboxylic acids is 2. The quantitative estimate of drug-likeness (QED) is 0.0874. The maximum atomic E-state index is 12.6. The molecule has 226 valence electrons. The second-order valence-electron chi connectivity index (χ2n) is 9.72. The number of amides is 1. The van der Waals surface area contributed by atoms with E-state index in [1.165, 1.54) is 24.3 Å². The first-order valence-electron chi connectivity index (χ1n) is 13.6. The highest BCUT2D eigenvalue weighted by atomic mass is 32.2. The highest BCUT2D eigenvalue weighted by molar-refractivity contribution is 7.90. The van der Waals surface area contributed by atoms with Gasteiger partial charge in [-0.05, 0) is 85.0 Å². The number of benzene rings is 2. The minimum atomic E-state index is -4.02. The predicted molar refractivity (Wildman–Crippen MR) is 157 cm³/mol. The van der Waals surface area contributed by atoms with E-state index in [0.717, 1.165) is 36.8 Å². The molecule has 0 aliphatic heterocycles. The number of ketones is 1. The van der Waals surface area contributed by atoms with Crippen LogP contribution in [-0.2, 0) is 42.5 Å². The molecule has 0 bridgehead atoms. The van der Waals surface area contributed by atoms with Gasteiger partial charge in [-0.1, -0.05) is 44.0 Å². The lowest BCUT2D eigenvalue weighted by atomic mass is 9.96. The third-order valence-corrected chi connectivity index (χ3v) is 9.05. The van der Waals surface area contributed by atoms with Crippen molar-refractivity contribution in [2.24, 2.45) is 15.0 Å². The van der Waals surface area contributed by atoms with Crippen molar-refractivity contribution < 1.29 is 26.4 Å². The fourth-order valence-corrected chi connectivity index (χ4v) is 5.69. The Kier molecular flexibility index (Phi) is 14.0. The number of hydrogen-bond donors (Lipinski definition) is 1. The van der Waals surface area contributed by atoms with E-state index < -0.39 is 20.0 Å². The van der Waals surface area contributed by atoms with Crippen molar-refractivity contribution >= 4 is 31.7 Å². The maximum Gasteiger partial charge on any atom is 0.264 e. The molecule has 1 atom stereocenters. The molecule has 0 aliphatic rings. The Morgan fingerprint density at radius 1 is 0.762 bits per heavy atom. The SMILES string of the molecule is CCC(CCCCCC(=O)CCCc1ccc(S(=O)(=O)N=[N+]=[N-])cc1)C(=O)NCCc1ccc(S(=O)(=O)N=[N+]=[N-])cc1. The highest BCUT2D eigenvalue weighted by Gasteiger charge is 2.16. The van der Waals surface area contributed by atoms with Gasteiger partial charge in [0.25, 0.3) is 20.0 Å². The van der Waals surface area contributed by atoms with Crippen LogP contribution in [0.1, 0.15) is 69.4 Å². The molecule has 0 saturated carbocycles. The van der Waals surface area contributed by atoms with Gasteiger partial charge in [0.05, 0.1) is 9.79 Å². The van der Waals surface area contributed by atoms with E-state index in [1.807, 2.05) is 6.92 Å². The Hall–Kier alpha value is -3.90. The van der Waals surface area contributed by atoms with Gasteiger partial charge in [-0.2, -0.15) is 0 Å². The Bertz CT molecular complexity index is 1510. The summed E-state index contributed by atoms with van der Waals surface area (Å²) in [6, 6.07) is 12.0. The first-order chi connectivity index (χ1) is 20.0. The number of Topliss-reactive ketones (excluding diaryl/α,β-unsaturated/α-hetero) is 1. The second-order valence-corrected chi connectivity index (χ2v) is 12.9. The van der Waals surface area contributed by atoms with Crippen LogP contribution in [0.2, 0.25) is 0 Å². The Labute approximate surface area is 246 Å². The van der Waals surface area contributed by atoms with Gasteiger partial charge in [0.15, 0.2) is 0 Å². The van der Waals surface area contributed by atoms with Crippen LogP contribution in [0.4, 0.5) is 0 Å². The van der Waals surface area contributed by atoms with Crippen molar-refractivity contribution in [2.75, 3.05) is 6.54 Å². The van der Waals surface area contributed by atoms with Crippen LogP contribution < -0.4 is 5.32 Å². The van der Waals surface area contributed by atoms with Gasteiger partial charge in [-0.3, -0.25) is 9.59 Å². The minimum Gasteiger partial charge on any atom is -0.356 e. The molecule has 1 N–H and O–H groups in total. The number of rotatable bonds is 19. The van der Waals surface area contributed by atoms with E-state index in [1.54, 1.807) is 24.3 Å². The number of unbranched alkanes of at least 4 members (excludes halogenated alkanes) is 2. The van der Waals surface area contributed by atoms with Crippen LogP contribution in [0, 0.1) is 5.92 Å². The largest absolute Gasteiger partial charge is 0.356 e. The normalized spacial score (nSPS) is 12.0. The molecule has 0 heterocycles. The molecule has 42 heavy (non-hydrogen) atoms. The number of aryl methyl sites for hydroxylation is 1. The standard InChI is InChI=1S/C27H35N7O6S2/c1-2-23(27(36)30-20-19-22-13-17-26(18-14-22)42(39,40)34-32-29)8-4-3-5-9-24(35)10-6-7-21-11-15-25(16-12-21)41(37,38)33-31-28/h11-18,23H,2-10,19-20H2,1H3,(H,30,36). The number of nitrogens with zero attached hydrogens (tertiary/aromatic N) is 6. The van der Waals surface area contributed by atoms with Crippen molar-refractivity contribution in [3.8, 4) is 0 Å². The fraction of sp³-hybridized carbons (Fsp3) is 0.481. The summed E-state index contributed by atoms with van der Waals surface area (Å²) < 4.78 is 52.5. The summed E-state index contributed by atoms with van der Waals surface area (Å²) in [7, 11) is -8.02. The number of sulfonamides is 2. The summed E-state index contributed by atoms with van der Waals surface area (Å²) in [5.41, 5.74) is 18.4. The molecular weight excluding hydrogens is 582 g/mol. The zero-order valence-electron chi connectivity index (χ0n) is 23.4. The number of azide groups is 2. The highest BCUT2D eigenvalue weighted by Crippen LogP contribution is 2.18. The molecule has 0 aromatic heterocycles. The molecule has 15 heteroatoms. The van der Waals surface area contributed by atoms with Crippen LogP contribution in [0.25, 0.3) is 20.9 Å². The topological polar surface area (TPSA) is 212 Å². The average molecular weight is 618 g/mol. The van der Waals surface area contributed by atoms with Gasteiger partial charge in [0.2, 0.25) is 5.91 Å². The summed E-state index contributed by atoms with van der Waals surface area (Å²) in [6.07, 6.45) is 6.60. The molecule has 2 aromatic rings. The van der Waals surface area contributed by atoms with Crippen LogP contribution in [0.5, 0.6) is 0 Å². The third-order valence-electron chi connectivity index (χ3n) is 6.74. The molecule has 2 aromatic carbocycles. The van der Waals surface area contributed by atoms with Crippen molar-refractivity contribution in [1.29, 1.82) is 0 Å². The van der Waals surface area contributed by atoms with E-state index >= 15 is 0 Å². The van der Waals surface area contributed by atoms with Gasteiger partial charge >= 0.3 is 0 Å². The lowest BCUT2D eigenvalue weighted by molar-refractivity contribution is -0.125. The molecule has 2 rings (SSSR count). The van der Waals surface area contributed by atoms with Gasteiger partial charge in [-0.25, -0.2) is 16.8 Å². The predicted octanol–water partition coefficient (Wildman–Crippen LogP) is 5.91. The molecular formula is C27H35N7O6S2. The van der Waals surface area contributed by atoms with Crippen molar-refractivity contribution in [1.82, 2.24) is 5.32 Å². The van der Waals surface area contributed by atoms with E-state index in [9.17, 15) is 26.4 Å². The first kappa shape index (κ1) is 34.3. The monoisotopic (exact) mass is 617 g/mol.